The molecule has 1 fully saturated rings. The van der Waals surface area contributed by atoms with E-state index < -0.39 is 0 Å². The van der Waals surface area contributed by atoms with Crippen molar-refractivity contribution in [3.63, 3.8) is 0 Å². The second-order valence-corrected chi connectivity index (χ2v) is 6.55. The fourth-order valence-corrected chi connectivity index (χ4v) is 3.34. The van der Waals surface area contributed by atoms with Gasteiger partial charge in [0.2, 0.25) is 0 Å². The molecule has 0 spiro atoms. The number of benzene rings is 1. The Morgan fingerprint density at radius 2 is 2.29 bits per heavy atom. The van der Waals surface area contributed by atoms with Crippen molar-refractivity contribution in [2.45, 2.75) is 25.9 Å². The number of ether oxygens (including phenoxy) is 2. The molecule has 2 atom stereocenters. The van der Waals surface area contributed by atoms with E-state index in [-0.39, 0.29) is 6.10 Å². The third kappa shape index (κ3) is 3.97. The molecule has 5 heteroatoms. The maximum Gasteiger partial charge on any atom is 0.122 e. The lowest BCUT2D eigenvalue weighted by molar-refractivity contribution is 0.0905. The molecule has 1 aromatic carbocycles. The SMILES string of the molecule is COc1cc(CCNC[C@H]2CCO[C@@H]2c2cnn(C)c2)ccc1C. The van der Waals surface area contributed by atoms with E-state index >= 15 is 0 Å². The monoisotopic (exact) mass is 329 g/mol. The van der Waals surface area contributed by atoms with Crippen LogP contribution >= 0.6 is 0 Å². The Balaban J connectivity index is 1.47. The van der Waals surface area contributed by atoms with Crippen molar-refractivity contribution in [3.05, 3.63) is 47.3 Å². The predicted molar refractivity (Wildman–Crippen MR) is 94.3 cm³/mol. The highest BCUT2D eigenvalue weighted by molar-refractivity contribution is 5.36. The molecule has 0 saturated carbocycles. The summed E-state index contributed by atoms with van der Waals surface area (Å²) in [6.45, 7) is 4.84. The Bertz CT molecular complexity index is 668. The van der Waals surface area contributed by atoms with Gasteiger partial charge in [-0.15, -0.1) is 0 Å². The summed E-state index contributed by atoms with van der Waals surface area (Å²) in [7, 11) is 3.67. The molecule has 0 radical (unpaired) electrons. The molecule has 2 heterocycles. The summed E-state index contributed by atoms with van der Waals surface area (Å²) >= 11 is 0. The van der Waals surface area contributed by atoms with Gasteiger partial charge in [0.05, 0.1) is 19.4 Å². The van der Waals surface area contributed by atoms with Gasteiger partial charge in [-0.25, -0.2) is 0 Å². The maximum absolute atomic E-state index is 5.91. The fourth-order valence-electron chi connectivity index (χ4n) is 3.34. The first kappa shape index (κ1) is 17.0. The zero-order valence-corrected chi connectivity index (χ0v) is 14.8. The van der Waals surface area contributed by atoms with Crippen LogP contribution in [-0.2, 0) is 18.2 Å². The first-order valence-electron chi connectivity index (χ1n) is 8.61. The lowest BCUT2D eigenvalue weighted by Gasteiger charge is -2.18. The van der Waals surface area contributed by atoms with E-state index in [0.29, 0.717) is 5.92 Å². The summed E-state index contributed by atoms with van der Waals surface area (Å²) in [4.78, 5) is 0. The van der Waals surface area contributed by atoms with E-state index in [1.807, 2.05) is 17.9 Å². The third-order valence-corrected chi connectivity index (χ3v) is 4.74. The van der Waals surface area contributed by atoms with Crippen LogP contribution in [0.15, 0.2) is 30.6 Å². The van der Waals surface area contributed by atoms with Crippen molar-refractivity contribution in [2.24, 2.45) is 13.0 Å². The smallest absolute Gasteiger partial charge is 0.122 e. The molecule has 0 bridgehead atoms. The summed E-state index contributed by atoms with van der Waals surface area (Å²) in [5.74, 6) is 1.48. The highest BCUT2D eigenvalue weighted by atomic mass is 16.5. The summed E-state index contributed by atoms with van der Waals surface area (Å²) in [6.07, 6.45) is 6.25. The van der Waals surface area contributed by atoms with Gasteiger partial charge in [-0.3, -0.25) is 4.68 Å². The zero-order valence-electron chi connectivity index (χ0n) is 14.8. The number of rotatable bonds is 7. The number of hydrogen-bond acceptors (Lipinski definition) is 4. The van der Waals surface area contributed by atoms with Crippen molar-refractivity contribution in [1.82, 2.24) is 15.1 Å². The van der Waals surface area contributed by atoms with Crippen LogP contribution in [0.4, 0.5) is 0 Å². The third-order valence-electron chi connectivity index (χ3n) is 4.74. The first-order valence-corrected chi connectivity index (χ1v) is 8.61. The summed E-state index contributed by atoms with van der Waals surface area (Å²) < 4.78 is 13.1. The van der Waals surface area contributed by atoms with Crippen molar-refractivity contribution >= 4 is 0 Å². The van der Waals surface area contributed by atoms with Gasteiger partial charge >= 0.3 is 0 Å². The van der Waals surface area contributed by atoms with Gasteiger partial charge in [-0.2, -0.15) is 5.10 Å². The van der Waals surface area contributed by atoms with Crippen LogP contribution in [0.25, 0.3) is 0 Å². The lowest BCUT2D eigenvalue weighted by Crippen LogP contribution is -2.26. The number of nitrogens with one attached hydrogen (secondary N) is 1. The van der Waals surface area contributed by atoms with Gasteiger partial charge < -0.3 is 14.8 Å². The molecular weight excluding hydrogens is 302 g/mol. The summed E-state index contributed by atoms with van der Waals surface area (Å²) in [5, 5.41) is 7.85. The van der Waals surface area contributed by atoms with Gasteiger partial charge in [0, 0.05) is 37.9 Å². The predicted octanol–water partition coefficient (Wildman–Crippen LogP) is 2.65. The van der Waals surface area contributed by atoms with Gasteiger partial charge in [0.25, 0.3) is 0 Å². The van der Waals surface area contributed by atoms with Gasteiger partial charge in [0.15, 0.2) is 0 Å². The Morgan fingerprint density at radius 1 is 1.42 bits per heavy atom. The average Bonchev–Trinajstić information content (AvgIpc) is 3.21. The molecule has 1 saturated heterocycles. The van der Waals surface area contributed by atoms with Crippen LogP contribution in [0.5, 0.6) is 5.75 Å². The number of nitrogens with zero attached hydrogens (tertiary/aromatic N) is 2. The largest absolute Gasteiger partial charge is 0.496 e. The Hall–Kier alpha value is -1.85. The van der Waals surface area contributed by atoms with Gasteiger partial charge in [-0.05, 0) is 43.5 Å². The maximum atomic E-state index is 5.91. The van der Waals surface area contributed by atoms with Crippen LogP contribution < -0.4 is 10.1 Å². The fraction of sp³-hybridized carbons (Fsp3) is 0.526. The van der Waals surface area contributed by atoms with Gasteiger partial charge in [0.1, 0.15) is 5.75 Å². The van der Waals surface area contributed by atoms with E-state index in [4.69, 9.17) is 9.47 Å². The van der Waals surface area contributed by atoms with E-state index in [0.717, 1.165) is 38.3 Å². The topological polar surface area (TPSA) is 48.3 Å². The van der Waals surface area contributed by atoms with Crippen molar-refractivity contribution in [3.8, 4) is 5.75 Å². The van der Waals surface area contributed by atoms with Crippen LogP contribution in [0.3, 0.4) is 0 Å². The number of aryl methyl sites for hydroxylation is 2. The quantitative estimate of drug-likeness (QED) is 0.794. The second-order valence-electron chi connectivity index (χ2n) is 6.55. The number of aromatic nitrogens is 2. The van der Waals surface area contributed by atoms with Crippen molar-refractivity contribution in [2.75, 3.05) is 26.8 Å². The Morgan fingerprint density at radius 3 is 3.04 bits per heavy atom. The minimum Gasteiger partial charge on any atom is -0.496 e. The standard InChI is InChI=1S/C19H27N3O2/c1-14-4-5-15(10-18(14)23-3)6-8-20-11-16-7-9-24-19(16)17-12-21-22(2)13-17/h4-5,10,12-13,16,19-20H,6-9,11H2,1-3H3/t16-,19+/m1/s1. The molecule has 1 aliphatic rings. The molecule has 1 N–H and O–H groups in total. The normalized spacial score (nSPS) is 20.5. The van der Waals surface area contributed by atoms with E-state index in [1.165, 1.54) is 16.7 Å². The van der Waals surface area contributed by atoms with E-state index in [9.17, 15) is 0 Å². The molecule has 5 nitrogen and oxygen atoms in total. The second kappa shape index (κ2) is 7.81. The average molecular weight is 329 g/mol. The minimum atomic E-state index is 0.172. The van der Waals surface area contributed by atoms with E-state index in [2.05, 4.69) is 41.7 Å². The van der Waals surface area contributed by atoms with Crippen molar-refractivity contribution < 1.29 is 9.47 Å². The van der Waals surface area contributed by atoms with Crippen LogP contribution in [0, 0.1) is 12.8 Å². The van der Waals surface area contributed by atoms with Crippen LogP contribution in [0.1, 0.15) is 29.2 Å². The highest BCUT2D eigenvalue weighted by Gasteiger charge is 2.30. The molecule has 130 valence electrons. The zero-order chi connectivity index (χ0) is 16.9. The molecule has 2 aromatic rings. The van der Waals surface area contributed by atoms with Crippen LogP contribution in [0.2, 0.25) is 0 Å². The highest BCUT2D eigenvalue weighted by Crippen LogP contribution is 2.33. The molecule has 1 aliphatic heterocycles. The first-order chi connectivity index (χ1) is 11.7. The van der Waals surface area contributed by atoms with Crippen LogP contribution in [-0.4, -0.2) is 36.6 Å². The van der Waals surface area contributed by atoms with E-state index in [1.54, 1.807) is 7.11 Å². The molecule has 1 aromatic heterocycles. The van der Waals surface area contributed by atoms with Gasteiger partial charge in [-0.1, -0.05) is 12.1 Å². The molecule has 3 rings (SSSR count). The number of methoxy groups -OCH3 is 1. The molecule has 0 aliphatic carbocycles. The molecular formula is C19H27N3O2. The number of hydrogen-bond donors (Lipinski definition) is 1. The molecule has 0 unspecified atom stereocenters. The van der Waals surface area contributed by atoms with Crippen molar-refractivity contribution in [1.29, 1.82) is 0 Å². The summed E-state index contributed by atoms with van der Waals surface area (Å²) in [6, 6.07) is 6.43. The summed E-state index contributed by atoms with van der Waals surface area (Å²) in [5.41, 5.74) is 3.66. The Labute approximate surface area is 144 Å². The lowest BCUT2D eigenvalue weighted by atomic mass is 9.97. The Kier molecular flexibility index (Phi) is 5.53. The minimum absolute atomic E-state index is 0.172. The molecule has 24 heavy (non-hydrogen) atoms. The molecule has 0 amide bonds.